The van der Waals surface area contributed by atoms with E-state index in [2.05, 4.69) is 16.9 Å². The molecule has 0 spiro atoms. The molecule has 16 heavy (non-hydrogen) atoms. The minimum atomic E-state index is -1.04. The average Bonchev–Trinajstić information content (AvgIpc) is 2.27. The lowest BCUT2D eigenvalue weighted by Crippen LogP contribution is -2.18. The van der Waals surface area contributed by atoms with Crippen LogP contribution in [0.5, 0.6) is 0 Å². The normalized spacial score (nSPS) is 19.2. The first-order valence-electron chi connectivity index (χ1n) is 5.29. The van der Waals surface area contributed by atoms with E-state index in [9.17, 15) is 4.79 Å². The monoisotopic (exact) mass is 238 g/mol. The van der Waals surface area contributed by atoms with E-state index in [1.165, 1.54) is 11.8 Å². The maximum absolute atomic E-state index is 10.9. The van der Waals surface area contributed by atoms with Crippen LogP contribution in [-0.2, 0) is 12.8 Å². The average molecular weight is 238 g/mol. The summed E-state index contributed by atoms with van der Waals surface area (Å²) in [4.78, 5) is 19.1. The third-order valence-corrected chi connectivity index (χ3v) is 3.59. The highest BCUT2D eigenvalue weighted by Crippen LogP contribution is 2.30. The van der Waals surface area contributed by atoms with Gasteiger partial charge in [-0.2, -0.15) is 0 Å². The molecule has 0 bridgehead atoms. The zero-order chi connectivity index (χ0) is 11.7. The summed E-state index contributed by atoms with van der Waals surface area (Å²) in [7, 11) is 0. The number of nitrogens with zero attached hydrogens (tertiary/aromatic N) is 2. The molecular weight excluding hydrogens is 224 g/mol. The van der Waals surface area contributed by atoms with Crippen LogP contribution in [-0.4, -0.2) is 27.3 Å². The fourth-order valence-corrected chi connectivity index (χ4v) is 2.64. The summed E-state index contributed by atoms with van der Waals surface area (Å²) in [5, 5.41) is 9.75. The minimum absolute atomic E-state index is 0.0716. The number of aryl methyl sites for hydroxylation is 1. The van der Waals surface area contributed by atoms with Crippen molar-refractivity contribution in [3.8, 4) is 0 Å². The van der Waals surface area contributed by atoms with Gasteiger partial charge < -0.3 is 5.11 Å². The van der Waals surface area contributed by atoms with E-state index < -0.39 is 5.97 Å². The number of carboxylic acid groups (broad SMARTS) is 1. The molecule has 0 saturated heterocycles. The van der Waals surface area contributed by atoms with Gasteiger partial charge in [-0.1, -0.05) is 6.92 Å². The number of carbonyl (C=O) groups is 1. The summed E-state index contributed by atoms with van der Waals surface area (Å²) < 4.78 is 0. The van der Waals surface area contributed by atoms with E-state index in [4.69, 9.17) is 5.11 Å². The van der Waals surface area contributed by atoms with Gasteiger partial charge in [0, 0.05) is 11.3 Å². The molecule has 0 fully saturated rings. The first kappa shape index (κ1) is 11.4. The fraction of sp³-hybridized carbons (Fsp3) is 0.545. The lowest BCUT2D eigenvalue weighted by atomic mass is 9.89. The van der Waals surface area contributed by atoms with Gasteiger partial charge in [0.25, 0.3) is 0 Å². The Morgan fingerprint density at radius 1 is 1.50 bits per heavy atom. The predicted octanol–water partition coefficient (Wildman–Crippen LogP) is 2.02. The molecule has 1 aromatic rings. The molecule has 2 rings (SSSR count). The van der Waals surface area contributed by atoms with Crippen molar-refractivity contribution in [1.29, 1.82) is 0 Å². The third kappa shape index (κ3) is 2.04. The number of fused-ring (bicyclic) bond motifs is 1. The second kappa shape index (κ2) is 4.41. The summed E-state index contributed by atoms with van der Waals surface area (Å²) in [6.07, 6.45) is 4.84. The molecule has 1 unspecified atom stereocenters. The van der Waals surface area contributed by atoms with Crippen molar-refractivity contribution in [1.82, 2.24) is 9.97 Å². The molecule has 0 aliphatic heterocycles. The lowest BCUT2D eigenvalue weighted by molar-refractivity contribution is 0.0682. The molecule has 5 heteroatoms. The summed E-state index contributed by atoms with van der Waals surface area (Å²) in [6, 6.07) is 0. The quantitative estimate of drug-likeness (QED) is 0.631. The predicted molar refractivity (Wildman–Crippen MR) is 62.0 cm³/mol. The van der Waals surface area contributed by atoms with Crippen LogP contribution in [0.1, 0.15) is 35.2 Å². The Balaban J connectivity index is 2.50. The Hall–Kier alpha value is -1.10. The zero-order valence-corrected chi connectivity index (χ0v) is 10.2. The Morgan fingerprint density at radius 2 is 2.25 bits per heavy atom. The standard InChI is InChI=1S/C11H14N2O2S/c1-6-3-4-8-7(5-6)10(16-2)13-9(12-8)11(14)15/h6H,3-5H2,1-2H3,(H,14,15). The van der Waals surface area contributed by atoms with Gasteiger partial charge in [0.05, 0.1) is 0 Å². The molecular formula is C11H14N2O2S. The van der Waals surface area contributed by atoms with Gasteiger partial charge in [-0.3, -0.25) is 0 Å². The third-order valence-electron chi connectivity index (χ3n) is 2.87. The van der Waals surface area contributed by atoms with Crippen molar-refractivity contribution in [2.75, 3.05) is 6.26 Å². The molecule has 0 saturated carbocycles. The summed E-state index contributed by atoms with van der Waals surface area (Å²) in [5.74, 6) is -0.480. The second-order valence-electron chi connectivity index (χ2n) is 4.13. The molecule has 0 aromatic carbocycles. The molecule has 1 heterocycles. The van der Waals surface area contributed by atoms with Crippen LogP contribution in [0.25, 0.3) is 0 Å². The van der Waals surface area contributed by atoms with Crippen LogP contribution >= 0.6 is 11.8 Å². The van der Waals surface area contributed by atoms with Gasteiger partial charge in [0.2, 0.25) is 5.82 Å². The van der Waals surface area contributed by atoms with E-state index in [1.807, 2.05) is 6.26 Å². The van der Waals surface area contributed by atoms with Crippen molar-refractivity contribution in [2.45, 2.75) is 31.2 Å². The van der Waals surface area contributed by atoms with Gasteiger partial charge in [-0.15, -0.1) is 11.8 Å². The van der Waals surface area contributed by atoms with E-state index in [0.29, 0.717) is 5.92 Å². The summed E-state index contributed by atoms with van der Waals surface area (Å²) in [6.45, 7) is 2.21. The second-order valence-corrected chi connectivity index (χ2v) is 4.93. The summed E-state index contributed by atoms with van der Waals surface area (Å²) in [5.41, 5.74) is 2.08. The molecule has 1 aliphatic carbocycles. The van der Waals surface area contributed by atoms with Crippen LogP contribution in [0, 0.1) is 5.92 Å². The highest BCUT2D eigenvalue weighted by Gasteiger charge is 2.22. The maximum Gasteiger partial charge on any atom is 0.373 e. The number of aromatic nitrogens is 2. The Morgan fingerprint density at radius 3 is 2.88 bits per heavy atom. The number of aromatic carboxylic acids is 1. The summed E-state index contributed by atoms with van der Waals surface area (Å²) >= 11 is 1.50. The zero-order valence-electron chi connectivity index (χ0n) is 9.36. The molecule has 86 valence electrons. The van der Waals surface area contributed by atoms with Gasteiger partial charge in [0.1, 0.15) is 5.03 Å². The smallest absolute Gasteiger partial charge is 0.373 e. The van der Waals surface area contributed by atoms with Crippen LogP contribution < -0.4 is 0 Å². The molecule has 0 radical (unpaired) electrons. The van der Waals surface area contributed by atoms with Gasteiger partial charge in [-0.25, -0.2) is 14.8 Å². The fourth-order valence-electron chi connectivity index (χ4n) is 2.02. The number of carboxylic acids is 1. The van der Waals surface area contributed by atoms with E-state index in [0.717, 1.165) is 35.5 Å². The van der Waals surface area contributed by atoms with Crippen molar-refractivity contribution < 1.29 is 9.90 Å². The van der Waals surface area contributed by atoms with Crippen LogP contribution in [0.15, 0.2) is 5.03 Å². The first-order valence-corrected chi connectivity index (χ1v) is 6.51. The van der Waals surface area contributed by atoms with Crippen LogP contribution in [0.2, 0.25) is 0 Å². The molecule has 1 N–H and O–H groups in total. The first-order chi connectivity index (χ1) is 7.61. The molecule has 1 aromatic heterocycles. The number of rotatable bonds is 2. The van der Waals surface area contributed by atoms with Crippen molar-refractivity contribution >= 4 is 17.7 Å². The van der Waals surface area contributed by atoms with Crippen molar-refractivity contribution in [3.05, 3.63) is 17.1 Å². The Kier molecular flexibility index (Phi) is 3.14. The number of hydrogen-bond donors (Lipinski definition) is 1. The van der Waals surface area contributed by atoms with E-state index >= 15 is 0 Å². The van der Waals surface area contributed by atoms with Crippen molar-refractivity contribution in [2.24, 2.45) is 5.92 Å². The Bertz CT molecular complexity index is 417. The topological polar surface area (TPSA) is 63.1 Å². The number of hydrogen-bond acceptors (Lipinski definition) is 4. The van der Waals surface area contributed by atoms with Gasteiger partial charge in [0.15, 0.2) is 0 Å². The maximum atomic E-state index is 10.9. The highest BCUT2D eigenvalue weighted by atomic mass is 32.2. The Labute approximate surface area is 98.5 Å². The lowest BCUT2D eigenvalue weighted by Gasteiger charge is -2.22. The highest BCUT2D eigenvalue weighted by molar-refractivity contribution is 7.98. The molecule has 1 aliphatic rings. The SMILES string of the molecule is CSc1nc(C(=O)O)nc2c1CC(C)CC2. The largest absolute Gasteiger partial charge is 0.475 e. The molecule has 0 amide bonds. The molecule has 1 atom stereocenters. The number of thioether (sulfide) groups is 1. The van der Waals surface area contributed by atoms with Crippen LogP contribution in [0.3, 0.4) is 0 Å². The van der Waals surface area contributed by atoms with E-state index in [1.54, 1.807) is 0 Å². The molecule has 4 nitrogen and oxygen atoms in total. The van der Waals surface area contributed by atoms with Crippen molar-refractivity contribution in [3.63, 3.8) is 0 Å². The van der Waals surface area contributed by atoms with Gasteiger partial charge >= 0.3 is 5.97 Å². The van der Waals surface area contributed by atoms with Gasteiger partial charge in [-0.05, 0) is 31.4 Å². The van der Waals surface area contributed by atoms with E-state index in [-0.39, 0.29) is 5.82 Å². The minimum Gasteiger partial charge on any atom is -0.475 e. The van der Waals surface area contributed by atoms with Crippen LogP contribution in [0.4, 0.5) is 0 Å².